The molecule has 0 heterocycles. The Morgan fingerprint density at radius 3 is 1.79 bits per heavy atom. The summed E-state index contributed by atoms with van der Waals surface area (Å²) in [5, 5.41) is 9.32. The van der Waals surface area contributed by atoms with Crippen LogP contribution in [0.5, 0.6) is 0 Å². The van der Waals surface area contributed by atoms with Crippen LogP contribution in [-0.4, -0.2) is 37.4 Å². The van der Waals surface area contributed by atoms with Gasteiger partial charge >= 0.3 is 11.9 Å². The Bertz CT molecular complexity index is 211. The molecule has 5 heteroatoms. The van der Waals surface area contributed by atoms with Crippen LogP contribution in [0.2, 0.25) is 0 Å². The highest BCUT2D eigenvalue weighted by Gasteiger charge is 2.35. The van der Waals surface area contributed by atoms with Gasteiger partial charge in [0.15, 0.2) is 0 Å². The molecule has 5 nitrogen and oxygen atoms in total. The summed E-state index contributed by atoms with van der Waals surface area (Å²) in [6.07, 6.45) is -0.948. The van der Waals surface area contributed by atoms with Gasteiger partial charge in [0.2, 0.25) is 0 Å². The van der Waals surface area contributed by atoms with Gasteiger partial charge in [-0.2, -0.15) is 0 Å². The van der Waals surface area contributed by atoms with E-state index in [0.29, 0.717) is 0 Å². The lowest BCUT2D eigenvalue weighted by molar-refractivity contribution is -0.161. The maximum atomic E-state index is 11.2. The van der Waals surface area contributed by atoms with E-state index in [1.807, 2.05) is 0 Å². The number of carbonyl (C=O) groups is 2. The maximum absolute atomic E-state index is 11.2. The van der Waals surface area contributed by atoms with Crippen LogP contribution >= 0.6 is 0 Å². The van der Waals surface area contributed by atoms with Crippen molar-refractivity contribution in [2.75, 3.05) is 14.2 Å². The molecule has 0 unspecified atom stereocenters. The van der Waals surface area contributed by atoms with Crippen molar-refractivity contribution in [2.45, 2.75) is 20.0 Å². The lowest BCUT2D eigenvalue weighted by Gasteiger charge is -2.21. The summed E-state index contributed by atoms with van der Waals surface area (Å²) in [6, 6.07) is 0. The van der Waals surface area contributed by atoms with Crippen LogP contribution in [0.3, 0.4) is 0 Å². The smallest absolute Gasteiger partial charge is 0.312 e. The second-order valence-corrected chi connectivity index (χ2v) is 3.10. The summed E-state index contributed by atoms with van der Waals surface area (Å²) in [7, 11) is 2.44. The predicted molar refractivity (Wildman–Crippen MR) is 48.4 cm³/mol. The molecule has 0 aromatic carbocycles. The largest absolute Gasteiger partial charge is 0.469 e. The molecule has 0 spiro atoms. The molecular weight excluding hydrogens is 188 g/mol. The fourth-order valence-corrected chi connectivity index (χ4v) is 1.29. The SMILES string of the molecule is COC(=O)[C@H]([C@H](C)C(=O)OC)[C@@H](C)O. The fraction of sp³-hybridized carbons (Fsp3) is 0.778. The van der Waals surface area contributed by atoms with Gasteiger partial charge in [0, 0.05) is 0 Å². The zero-order valence-electron chi connectivity index (χ0n) is 8.81. The fourth-order valence-electron chi connectivity index (χ4n) is 1.29. The Kier molecular flexibility index (Phi) is 5.15. The van der Waals surface area contributed by atoms with Crippen LogP contribution in [0.25, 0.3) is 0 Å². The lowest BCUT2D eigenvalue weighted by atomic mass is 9.90. The molecule has 0 amide bonds. The number of aliphatic hydroxyl groups excluding tert-OH is 1. The molecule has 3 atom stereocenters. The van der Waals surface area contributed by atoms with Crippen molar-refractivity contribution in [3.05, 3.63) is 0 Å². The van der Waals surface area contributed by atoms with Crippen LogP contribution < -0.4 is 0 Å². The second-order valence-electron chi connectivity index (χ2n) is 3.10. The Labute approximate surface area is 83.0 Å². The molecule has 0 rings (SSSR count). The minimum Gasteiger partial charge on any atom is -0.469 e. The van der Waals surface area contributed by atoms with Gasteiger partial charge in [-0.05, 0) is 6.92 Å². The third-order valence-corrected chi connectivity index (χ3v) is 2.10. The molecule has 0 aromatic heterocycles. The number of esters is 2. The molecule has 0 radical (unpaired) electrons. The highest BCUT2D eigenvalue weighted by atomic mass is 16.5. The maximum Gasteiger partial charge on any atom is 0.312 e. The van der Waals surface area contributed by atoms with E-state index in [0.717, 1.165) is 0 Å². The average Bonchev–Trinajstić information content (AvgIpc) is 2.15. The molecule has 1 N–H and O–H groups in total. The van der Waals surface area contributed by atoms with Crippen molar-refractivity contribution in [3.63, 3.8) is 0 Å². The van der Waals surface area contributed by atoms with Crippen LogP contribution in [-0.2, 0) is 19.1 Å². The van der Waals surface area contributed by atoms with E-state index in [-0.39, 0.29) is 0 Å². The predicted octanol–water partition coefficient (Wildman–Crippen LogP) is -0.0345. The minimum absolute atomic E-state index is 0.540. The molecule has 0 aliphatic rings. The number of aliphatic hydroxyl groups is 1. The number of carbonyl (C=O) groups excluding carboxylic acids is 2. The molecule has 0 fully saturated rings. The van der Waals surface area contributed by atoms with Gasteiger partial charge in [0.25, 0.3) is 0 Å². The van der Waals surface area contributed by atoms with Crippen LogP contribution in [0.4, 0.5) is 0 Å². The van der Waals surface area contributed by atoms with E-state index in [1.165, 1.54) is 28.1 Å². The number of rotatable bonds is 4. The van der Waals surface area contributed by atoms with Crippen molar-refractivity contribution in [1.82, 2.24) is 0 Å². The van der Waals surface area contributed by atoms with Crippen molar-refractivity contribution in [1.29, 1.82) is 0 Å². The van der Waals surface area contributed by atoms with Gasteiger partial charge in [0.1, 0.15) is 0 Å². The Morgan fingerprint density at radius 1 is 1.07 bits per heavy atom. The average molecular weight is 204 g/mol. The third kappa shape index (κ3) is 2.99. The highest BCUT2D eigenvalue weighted by Crippen LogP contribution is 2.18. The van der Waals surface area contributed by atoms with Gasteiger partial charge in [-0.25, -0.2) is 0 Å². The molecule has 0 saturated heterocycles. The van der Waals surface area contributed by atoms with Gasteiger partial charge in [-0.1, -0.05) is 6.92 Å². The number of ether oxygens (including phenoxy) is 2. The van der Waals surface area contributed by atoms with E-state index in [9.17, 15) is 14.7 Å². The Morgan fingerprint density at radius 2 is 1.50 bits per heavy atom. The summed E-state index contributed by atoms with van der Waals surface area (Å²) >= 11 is 0. The molecule has 0 aromatic rings. The first-order chi connectivity index (χ1) is 6.45. The summed E-state index contributed by atoms with van der Waals surface area (Å²) in [5.74, 6) is -2.75. The van der Waals surface area contributed by atoms with E-state index < -0.39 is 29.9 Å². The van der Waals surface area contributed by atoms with Gasteiger partial charge < -0.3 is 14.6 Å². The number of hydrogen-bond donors (Lipinski definition) is 1. The summed E-state index contributed by atoms with van der Waals surface area (Å²) in [4.78, 5) is 22.4. The zero-order chi connectivity index (χ0) is 11.3. The van der Waals surface area contributed by atoms with Crippen LogP contribution in [0.15, 0.2) is 0 Å². The van der Waals surface area contributed by atoms with Crippen molar-refractivity contribution >= 4 is 11.9 Å². The normalized spacial score (nSPS) is 16.6. The molecule has 0 aliphatic carbocycles. The molecule has 82 valence electrons. The van der Waals surface area contributed by atoms with E-state index >= 15 is 0 Å². The van der Waals surface area contributed by atoms with Crippen LogP contribution in [0, 0.1) is 11.8 Å². The minimum atomic E-state index is -0.948. The monoisotopic (exact) mass is 204 g/mol. The number of methoxy groups -OCH3 is 2. The van der Waals surface area contributed by atoms with Gasteiger partial charge in [0.05, 0.1) is 32.2 Å². The lowest BCUT2D eigenvalue weighted by Crippen LogP contribution is -2.37. The quantitative estimate of drug-likeness (QED) is 0.651. The molecular formula is C9H16O5. The zero-order valence-corrected chi connectivity index (χ0v) is 8.81. The topological polar surface area (TPSA) is 72.8 Å². The van der Waals surface area contributed by atoms with Gasteiger partial charge in [-0.15, -0.1) is 0 Å². The molecule has 14 heavy (non-hydrogen) atoms. The van der Waals surface area contributed by atoms with Crippen molar-refractivity contribution in [2.24, 2.45) is 11.8 Å². The third-order valence-electron chi connectivity index (χ3n) is 2.10. The first kappa shape index (κ1) is 12.9. The van der Waals surface area contributed by atoms with E-state index in [2.05, 4.69) is 9.47 Å². The van der Waals surface area contributed by atoms with Crippen molar-refractivity contribution in [3.8, 4) is 0 Å². The molecule has 0 bridgehead atoms. The summed E-state index contributed by atoms with van der Waals surface area (Å²) in [5.41, 5.74) is 0. The number of hydrogen-bond acceptors (Lipinski definition) is 5. The molecule has 0 aliphatic heterocycles. The van der Waals surface area contributed by atoms with Crippen LogP contribution in [0.1, 0.15) is 13.8 Å². The highest BCUT2D eigenvalue weighted by molar-refractivity contribution is 5.82. The summed E-state index contributed by atoms with van der Waals surface area (Å²) < 4.78 is 8.96. The summed E-state index contributed by atoms with van der Waals surface area (Å²) in [6.45, 7) is 2.95. The molecule has 0 saturated carbocycles. The van der Waals surface area contributed by atoms with Gasteiger partial charge in [-0.3, -0.25) is 9.59 Å². The second kappa shape index (κ2) is 5.59. The van der Waals surface area contributed by atoms with Crippen molar-refractivity contribution < 1.29 is 24.2 Å². The Hall–Kier alpha value is -1.10. The Balaban J connectivity index is 4.65. The first-order valence-corrected chi connectivity index (χ1v) is 4.29. The van der Waals surface area contributed by atoms with E-state index in [1.54, 1.807) is 0 Å². The standard InChI is InChI=1S/C9H16O5/c1-5(8(11)13-3)7(6(2)10)9(12)14-4/h5-7,10H,1-4H3/t5-,6+,7+/m0/s1. The van der Waals surface area contributed by atoms with E-state index in [4.69, 9.17) is 0 Å². The first-order valence-electron chi connectivity index (χ1n) is 4.29.